The van der Waals surface area contributed by atoms with Crippen LogP contribution in [0, 0.1) is 0 Å². The van der Waals surface area contributed by atoms with Crippen molar-refractivity contribution in [1.82, 2.24) is 19.2 Å². The summed E-state index contributed by atoms with van der Waals surface area (Å²) in [5.74, 6) is -0.188. The number of likely N-dealkylation sites (N-methyl/N-ethyl adjacent to an activating group) is 1. The van der Waals surface area contributed by atoms with Crippen LogP contribution in [0.25, 0.3) is 0 Å². The molecule has 18 heavy (non-hydrogen) atoms. The van der Waals surface area contributed by atoms with Crippen LogP contribution in [-0.2, 0) is 21.4 Å². The molecular weight excluding hydrogens is 256 g/mol. The van der Waals surface area contributed by atoms with Gasteiger partial charge in [-0.25, -0.2) is 13.4 Å². The minimum Gasteiger partial charge on any atom is -0.357 e. The third-order valence-electron chi connectivity index (χ3n) is 3.10. The summed E-state index contributed by atoms with van der Waals surface area (Å²) in [5.41, 5.74) is 0.729. The number of sulfonamides is 1. The fourth-order valence-electron chi connectivity index (χ4n) is 2.03. The minimum atomic E-state index is -3.30. The summed E-state index contributed by atoms with van der Waals surface area (Å²) in [6.07, 6.45) is 3.15. The van der Waals surface area contributed by atoms with Gasteiger partial charge in [-0.1, -0.05) is 0 Å². The largest absolute Gasteiger partial charge is 0.357 e. The van der Waals surface area contributed by atoms with Crippen LogP contribution < -0.4 is 5.32 Å². The fourth-order valence-corrected chi connectivity index (χ4v) is 3.09. The monoisotopic (exact) mass is 272 g/mol. The van der Waals surface area contributed by atoms with Gasteiger partial charge in [0.1, 0.15) is 6.04 Å². The molecule has 100 valence electrons. The van der Waals surface area contributed by atoms with Gasteiger partial charge in [0.05, 0.1) is 24.3 Å². The maximum absolute atomic E-state index is 11.9. The van der Waals surface area contributed by atoms with Gasteiger partial charge in [0.25, 0.3) is 0 Å². The van der Waals surface area contributed by atoms with Crippen LogP contribution in [0.3, 0.4) is 0 Å². The van der Waals surface area contributed by atoms with Crippen molar-refractivity contribution in [2.45, 2.75) is 19.5 Å². The number of nitrogens with one attached hydrogen (secondary N) is 1. The lowest BCUT2D eigenvalue weighted by Crippen LogP contribution is -2.46. The van der Waals surface area contributed by atoms with Gasteiger partial charge in [-0.15, -0.1) is 0 Å². The van der Waals surface area contributed by atoms with Crippen molar-refractivity contribution >= 4 is 15.9 Å². The lowest BCUT2D eigenvalue weighted by atomic mass is 10.2. The number of imidazole rings is 1. The van der Waals surface area contributed by atoms with E-state index >= 15 is 0 Å². The number of carbonyl (C=O) groups excluding carboxylic acids is 1. The molecule has 1 aliphatic heterocycles. The van der Waals surface area contributed by atoms with Crippen LogP contribution in [0.4, 0.5) is 0 Å². The molecule has 1 N–H and O–H groups in total. The van der Waals surface area contributed by atoms with E-state index in [1.807, 2.05) is 0 Å². The Labute approximate surface area is 106 Å². The Morgan fingerprint density at radius 3 is 2.94 bits per heavy atom. The van der Waals surface area contributed by atoms with Crippen molar-refractivity contribution in [1.29, 1.82) is 0 Å². The maximum atomic E-state index is 11.9. The third-order valence-corrected chi connectivity index (χ3v) is 4.90. The Hall–Kier alpha value is -1.41. The second-order valence-corrected chi connectivity index (χ2v) is 6.37. The highest BCUT2D eigenvalue weighted by Gasteiger charge is 2.34. The minimum absolute atomic E-state index is 0.0294. The highest BCUT2D eigenvalue weighted by molar-refractivity contribution is 7.89. The van der Waals surface area contributed by atoms with E-state index in [0.29, 0.717) is 0 Å². The lowest BCUT2D eigenvalue weighted by molar-refractivity contribution is -0.124. The zero-order chi connectivity index (χ0) is 13.3. The summed E-state index contributed by atoms with van der Waals surface area (Å²) < 4.78 is 26.9. The number of nitrogens with zero attached hydrogens (tertiary/aromatic N) is 3. The maximum Gasteiger partial charge on any atom is 0.244 e. The summed E-state index contributed by atoms with van der Waals surface area (Å²) in [6, 6.07) is -0.553. The number of fused-ring (bicyclic) bond motifs is 1. The number of rotatable bonds is 3. The predicted molar refractivity (Wildman–Crippen MR) is 65.2 cm³/mol. The van der Waals surface area contributed by atoms with E-state index in [-0.39, 0.29) is 24.7 Å². The van der Waals surface area contributed by atoms with Gasteiger partial charge in [-0.3, -0.25) is 4.79 Å². The average molecular weight is 272 g/mol. The molecule has 7 nitrogen and oxygen atoms in total. The van der Waals surface area contributed by atoms with Gasteiger partial charge in [0.2, 0.25) is 15.9 Å². The molecule has 8 heteroatoms. The SMILES string of the molecule is CCS(=O)(=O)N1Cc2cncn2[C@H](C(=O)NC)C1. The molecule has 0 saturated heterocycles. The van der Waals surface area contributed by atoms with E-state index in [1.54, 1.807) is 24.0 Å². The molecule has 0 radical (unpaired) electrons. The highest BCUT2D eigenvalue weighted by atomic mass is 32.2. The van der Waals surface area contributed by atoms with Crippen LogP contribution in [0.1, 0.15) is 18.7 Å². The molecule has 0 unspecified atom stereocenters. The van der Waals surface area contributed by atoms with Crippen LogP contribution in [0.15, 0.2) is 12.5 Å². The molecule has 1 aromatic rings. The first-order chi connectivity index (χ1) is 8.49. The average Bonchev–Trinajstić information content (AvgIpc) is 2.84. The molecule has 0 aromatic carbocycles. The van der Waals surface area contributed by atoms with Gasteiger partial charge >= 0.3 is 0 Å². The predicted octanol–water partition coefficient (Wildman–Crippen LogP) is -0.664. The van der Waals surface area contributed by atoms with Crippen LogP contribution in [-0.4, -0.2) is 47.5 Å². The Balaban J connectivity index is 2.37. The first kappa shape index (κ1) is 13.0. The highest BCUT2D eigenvalue weighted by Crippen LogP contribution is 2.23. The van der Waals surface area contributed by atoms with Gasteiger partial charge in [0, 0.05) is 19.8 Å². The smallest absolute Gasteiger partial charge is 0.244 e. The quantitative estimate of drug-likeness (QED) is 0.791. The summed E-state index contributed by atoms with van der Waals surface area (Å²) >= 11 is 0. The lowest BCUT2D eigenvalue weighted by Gasteiger charge is -2.32. The van der Waals surface area contributed by atoms with Gasteiger partial charge in [-0.2, -0.15) is 4.31 Å². The summed E-state index contributed by atoms with van der Waals surface area (Å²) in [7, 11) is -1.77. The second-order valence-electron chi connectivity index (χ2n) is 4.12. The van der Waals surface area contributed by atoms with Crippen molar-refractivity contribution in [3.05, 3.63) is 18.2 Å². The Morgan fingerprint density at radius 1 is 1.61 bits per heavy atom. The Morgan fingerprint density at radius 2 is 2.33 bits per heavy atom. The molecule has 2 heterocycles. The van der Waals surface area contributed by atoms with Gasteiger partial charge < -0.3 is 9.88 Å². The number of amides is 1. The molecule has 0 bridgehead atoms. The van der Waals surface area contributed by atoms with Crippen molar-refractivity contribution in [3.63, 3.8) is 0 Å². The Bertz CT molecular complexity index is 551. The van der Waals surface area contributed by atoms with E-state index in [0.717, 1.165) is 5.69 Å². The standard InChI is InChI=1S/C10H16N4O3S/c1-3-18(16,17)13-5-8-4-12-7-14(8)9(6-13)10(15)11-2/h4,7,9H,3,5-6H2,1-2H3,(H,11,15)/t9-/m0/s1. The van der Waals surface area contributed by atoms with E-state index in [4.69, 9.17) is 0 Å². The molecule has 1 atom stereocenters. The molecule has 1 aliphatic rings. The number of hydrogen-bond donors (Lipinski definition) is 1. The summed E-state index contributed by atoms with van der Waals surface area (Å²) in [5, 5.41) is 2.55. The number of aromatic nitrogens is 2. The zero-order valence-corrected chi connectivity index (χ0v) is 11.1. The van der Waals surface area contributed by atoms with Crippen molar-refractivity contribution in [2.75, 3.05) is 19.3 Å². The zero-order valence-electron chi connectivity index (χ0n) is 10.3. The van der Waals surface area contributed by atoms with Crippen molar-refractivity contribution in [2.24, 2.45) is 0 Å². The van der Waals surface area contributed by atoms with Gasteiger partial charge in [0.15, 0.2) is 0 Å². The number of carbonyl (C=O) groups is 1. The molecule has 0 fully saturated rings. The molecule has 0 spiro atoms. The normalized spacial score (nSPS) is 20.4. The van der Waals surface area contributed by atoms with E-state index in [9.17, 15) is 13.2 Å². The van der Waals surface area contributed by atoms with Gasteiger partial charge in [-0.05, 0) is 6.92 Å². The molecule has 0 aliphatic carbocycles. The third kappa shape index (κ3) is 2.13. The molecular formula is C10H16N4O3S. The van der Waals surface area contributed by atoms with Crippen LogP contribution in [0.2, 0.25) is 0 Å². The second kappa shape index (κ2) is 4.69. The van der Waals surface area contributed by atoms with E-state index < -0.39 is 16.1 Å². The first-order valence-corrected chi connectivity index (χ1v) is 7.30. The molecule has 0 saturated carbocycles. The van der Waals surface area contributed by atoms with Crippen molar-refractivity contribution < 1.29 is 13.2 Å². The Kier molecular flexibility index (Phi) is 3.40. The van der Waals surface area contributed by atoms with Crippen LogP contribution >= 0.6 is 0 Å². The first-order valence-electron chi connectivity index (χ1n) is 5.69. The fraction of sp³-hybridized carbons (Fsp3) is 0.600. The van der Waals surface area contributed by atoms with Crippen molar-refractivity contribution in [3.8, 4) is 0 Å². The summed E-state index contributed by atoms with van der Waals surface area (Å²) in [4.78, 5) is 15.8. The molecule has 1 aromatic heterocycles. The topological polar surface area (TPSA) is 84.3 Å². The molecule has 2 rings (SSSR count). The summed E-state index contributed by atoms with van der Waals surface area (Å²) in [6.45, 7) is 2.01. The molecule has 1 amide bonds. The number of hydrogen-bond acceptors (Lipinski definition) is 4. The van der Waals surface area contributed by atoms with E-state index in [2.05, 4.69) is 10.3 Å². The van der Waals surface area contributed by atoms with Crippen LogP contribution in [0.5, 0.6) is 0 Å². The van der Waals surface area contributed by atoms with E-state index in [1.165, 1.54) is 11.4 Å².